The Morgan fingerprint density at radius 1 is 0.920 bits per heavy atom. The molecule has 0 atom stereocenters. The van der Waals surface area contributed by atoms with Crippen molar-refractivity contribution < 1.29 is 18.0 Å². The van der Waals surface area contributed by atoms with Gasteiger partial charge in [0.05, 0.1) is 5.56 Å². The molecular weight excluding hydrogens is 324 g/mol. The fourth-order valence-electron chi connectivity index (χ4n) is 2.48. The van der Waals surface area contributed by atoms with Crippen LogP contribution in [0.15, 0.2) is 65.1 Å². The third kappa shape index (κ3) is 4.32. The molecule has 3 nitrogen and oxygen atoms in total. The van der Waals surface area contributed by atoms with Crippen LogP contribution in [-0.4, -0.2) is 5.91 Å². The molecule has 25 heavy (non-hydrogen) atoms. The molecule has 0 saturated heterocycles. The average Bonchev–Trinajstić information content (AvgIpc) is 3.08. The summed E-state index contributed by atoms with van der Waals surface area (Å²) in [6.07, 6.45) is 0.593. The number of rotatable bonds is 6. The van der Waals surface area contributed by atoms with E-state index in [4.69, 9.17) is 4.42 Å². The van der Waals surface area contributed by atoms with Crippen molar-refractivity contribution in [2.24, 2.45) is 0 Å². The van der Waals surface area contributed by atoms with Crippen LogP contribution in [0.5, 0.6) is 0 Å². The lowest BCUT2D eigenvalue weighted by Gasteiger charge is -2.05. The highest BCUT2D eigenvalue weighted by Crippen LogP contribution is 2.25. The summed E-state index contributed by atoms with van der Waals surface area (Å²) in [6, 6.07) is 16.1. The van der Waals surface area contributed by atoms with E-state index in [9.17, 15) is 13.6 Å². The summed E-state index contributed by atoms with van der Waals surface area (Å²) >= 11 is 0. The molecule has 0 bridgehead atoms. The first-order chi connectivity index (χ1) is 12.1. The van der Waals surface area contributed by atoms with Crippen molar-refractivity contribution in [2.45, 2.75) is 19.4 Å². The fourth-order valence-corrected chi connectivity index (χ4v) is 2.48. The first kappa shape index (κ1) is 16.9. The lowest BCUT2D eigenvalue weighted by molar-refractivity contribution is -0.121. The third-order valence-corrected chi connectivity index (χ3v) is 3.83. The molecule has 0 fully saturated rings. The Balaban J connectivity index is 1.53. The molecule has 1 N–H and O–H groups in total. The maximum atomic E-state index is 13.7. The van der Waals surface area contributed by atoms with E-state index >= 15 is 0 Å². The first-order valence-electron chi connectivity index (χ1n) is 7.97. The highest BCUT2D eigenvalue weighted by molar-refractivity contribution is 5.76. The molecule has 1 aromatic heterocycles. The molecule has 0 saturated carbocycles. The standard InChI is InChI=1S/C20H17F2NO2/c21-17-7-3-1-5-14(17)13-23-20(24)12-10-15-9-11-19(25-15)16-6-2-4-8-18(16)22/h1-9,11H,10,12-13H2,(H,23,24). The van der Waals surface area contributed by atoms with Gasteiger partial charge in [0, 0.05) is 24.9 Å². The van der Waals surface area contributed by atoms with Gasteiger partial charge in [0.1, 0.15) is 23.2 Å². The number of nitrogens with one attached hydrogen (secondary N) is 1. The van der Waals surface area contributed by atoms with Gasteiger partial charge in [-0.1, -0.05) is 30.3 Å². The van der Waals surface area contributed by atoms with Gasteiger partial charge in [-0.3, -0.25) is 4.79 Å². The first-order valence-corrected chi connectivity index (χ1v) is 7.97. The van der Waals surface area contributed by atoms with Crippen molar-refractivity contribution in [1.82, 2.24) is 5.32 Å². The second-order valence-corrected chi connectivity index (χ2v) is 5.61. The quantitative estimate of drug-likeness (QED) is 0.718. The summed E-state index contributed by atoms with van der Waals surface area (Å²) in [5.74, 6) is 0.126. The molecule has 1 heterocycles. The van der Waals surface area contributed by atoms with Gasteiger partial charge in [-0.15, -0.1) is 0 Å². The maximum Gasteiger partial charge on any atom is 0.220 e. The Kier molecular flexibility index (Phi) is 5.23. The molecule has 128 valence electrons. The fraction of sp³-hybridized carbons (Fsp3) is 0.150. The number of amides is 1. The highest BCUT2D eigenvalue weighted by Gasteiger charge is 2.11. The summed E-state index contributed by atoms with van der Waals surface area (Å²) in [5.41, 5.74) is 0.827. The minimum Gasteiger partial charge on any atom is -0.461 e. The van der Waals surface area contributed by atoms with Gasteiger partial charge in [0.25, 0.3) is 0 Å². The average molecular weight is 341 g/mol. The highest BCUT2D eigenvalue weighted by atomic mass is 19.1. The molecule has 0 unspecified atom stereocenters. The van der Waals surface area contributed by atoms with Gasteiger partial charge in [-0.05, 0) is 30.3 Å². The number of benzene rings is 2. The monoisotopic (exact) mass is 341 g/mol. The lowest BCUT2D eigenvalue weighted by Crippen LogP contribution is -2.23. The largest absolute Gasteiger partial charge is 0.461 e. The molecule has 0 aliphatic carbocycles. The second-order valence-electron chi connectivity index (χ2n) is 5.61. The van der Waals surface area contributed by atoms with Gasteiger partial charge < -0.3 is 9.73 Å². The number of hydrogen-bond donors (Lipinski definition) is 1. The zero-order valence-corrected chi connectivity index (χ0v) is 13.5. The van der Waals surface area contributed by atoms with E-state index in [-0.39, 0.29) is 30.5 Å². The van der Waals surface area contributed by atoms with Gasteiger partial charge in [-0.25, -0.2) is 8.78 Å². The zero-order chi connectivity index (χ0) is 17.6. The molecule has 0 aliphatic rings. The van der Waals surface area contributed by atoms with Gasteiger partial charge in [-0.2, -0.15) is 0 Å². The molecule has 1 amide bonds. The minimum atomic E-state index is -0.356. The molecule has 0 aliphatic heterocycles. The summed E-state index contributed by atoms with van der Waals surface area (Å²) < 4.78 is 32.8. The summed E-state index contributed by atoms with van der Waals surface area (Å²) in [4.78, 5) is 11.9. The van der Waals surface area contributed by atoms with Crippen molar-refractivity contribution in [3.05, 3.63) is 83.6 Å². The van der Waals surface area contributed by atoms with Crippen LogP contribution < -0.4 is 5.32 Å². The van der Waals surface area contributed by atoms with Gasteiger partial charge in [0.2, 0.25) is 5.91 Å². The van der Waals surface area contributed by atoms with Crippen molar-refractivity contribution >= 4 is 5.91 Å². The number of aryl methyl sites for hydroxylation is 1. The summed E-state index contributed by atoms with van der Waals surface area (Å²) in [6.45, 7) is 0.143. The van der Waals surface area contributed by atoms with Crippen molar-refractivity contribution in [2.75, 3.05) is 0 Å². The van der Waals surface area contributed by atoms with Crippen LogP contribution in [0.1, 0.15) is 17.7 Å². The van der Waals surface area contributed by atoms with Crippen LogP contribution in [0, 0.1) is 11.6 Å². The van der Waals surface area contributed by atoms with Crippen LogP contribution in [0.4, 0.5) is 8.78 Å². The molecule has 5 heteroatoms. The zero-order valence-electron chi connectivity index (χ0n) is 13.5. The lowest BCUT2D eigenvalue weighted by atomic mass is 10.1. The topological polar surface area (TPSA) is 42.2 Å². The smallest absolute Gasteiger partial charge is 0.220 e. The Hall–Kier alpha value is -2.95. The van der Waals surface area contributed by atoms with Gasteiger partial charge in [0.15, 0.2) is 0 Å². The van der Waals surface area contributed by atoms with Gasteiger partial charge >= 0.3 is 0 Å². The van der Waals surface area contributed by atoms with Crippen LogP contribution in [0.3, 0.4) is 0 Å². The van der Waals surface area contributed by atoms with Crippen LogP contribution in [-0.2, 0) is 17.8 Å². The van der Waals surface area contributed by atoms with Crippen LogP contribution in [0.25, 0.3) is 11.3 Å². The van der Waals surface area contributed by atoms with E-state index in [1.807, 2.05) is 0 Å². The molecule has 0 radical (unpaired) electrons. The van der Waals surface area contributed by atoms with E-state index in [1.54, 1.807) is 48.5 Å². The van der Waals surface area contributed by atoms with Crippen LogP contribution in [0.2, 0.25) is 0 Å². The SMILES string of the molecule is O=C(CCc1ccc(-c2ccccc2F)o1)NCc1ccccc1F. The predicted octanol–water partition coefficient (Wildman–Crippen LogP) is 4.47. The Morgan fingerprint density at radius 2 is 1.64 bits per heavy atom. The Bertz CT molecular complexity index is 873. The Labute approximate surface area is 144 Å². The van der Waals surface area contributed by atoms with E-state index < -0.39 is 0 Å². The third-order valence-electron chi connectivity index (χ3n) is 3.83. The summed E-state index contributed by atoms with van der Waals surface area (Å²) in [5, 5.41) is 2.68. The van der Waals surface area contributed by atoms with E-state index in [0.29, 0.717) is 29.1 Å². The summed E-state index contributed by atoms with van der Waals surface area (Å²) in [7, 11) is 0. The normalized spacial score (nSPS) is 10.6. The molecule has 3 aromatic rings. The minimum absolute atomic E-state index is 0.143. The van der Waals surface area contributed by atoms with E-state index in [0.717, 1.165) is 0 Å². The number of hydrogen-bond acceptors (Lipinski definition) is 2. The molecule has 3 rings (SSSR count). The van der Waals surface area contributed by atoms with Crippen LogP contribution >= 0.6 is 0 Å². The number of halogens is 2. The van der Waals surface area contributed by atoms with Crippen molar-refractivity contribution in [3.63, 3.8) is 0 Å². The Morgan fingerprint density at radius 3 is 2.40 bits per heavy atom. The predicted molar refractivity (Wildman–Crippen MR) is 90.7 cm³/mol. The number of carbonyl (C=O) groups is 1. The second kappa shape index (κ2) is 7.75. The van der Waals surface area contributed by atoms with Crippen molar-refractivity contribution in [3.8, 4) is 11.3 Å². The molecule has 2 aromatic carbocycles. The molecule has 0 spiro atoms. The van der Waals surface area contributed by atoms with E-state index in [1.165, 1.54) is 12.1 Å². The molecular formula is C20H17F2NO2. The van der Waals surface area contributed by atoms with E-state index in [2.05, 4.69) is 5.32 Å². The number of furan rings is 1. The number of carbonyl (C=O) groups excluding carboxylic acids is 1. The maximum absolute atomic E-state index is 13.7. The van der Waals surface area contributed by atoms with Crippen molar-refractivity contribution in [1.29, 1.82) is 0 Å².